The summed E-state index contributed by atoms with van der Waals surface area (Å²) in [7, 11) is 2.08. The molecule has 1 amide bonds. The van der Waals surface area contributed by atoms with Crippen LogP contribution in [0, 0.1) is 5.92 Å². The molecular weight excluding hydrogens is 190 g/mol. The third kappa shape index (κ3) is 3.47. The zero-order chi connectivity index (χ0) is 11.4. The van der Waals surface area contributed by atoms with E-state index in [0.717, 1.165) is 19.6 Å². The number of piperazine rings is 1. The second-order valence-electron chi connectivity index (χ2n) is 4.84. The first-order valence-electron chi connectivity index (χ1n) is 5.72. The van der Waals surface area contributed by atoms with Crippen molar-refractivity contribution in [1.82, 2.24) is 9.80 Å². The molecule has 1 atom stereocenters. The molecule has 1 unspecified atom stereocenters. The Morgan fingerprint density at radius 3 is 2.67 bits per heavy atom. The summed E-state index contributed by atoms with van der Waals surface area (Å²) in [6, 6.07) is 0.204. The molecule has 0 saturated carbocycles. The van der Waals surface area contributed by atoms with E-state index in [4.69, 9.17) is 5.73 Å². The molecule has 2 N–H and O–H groups in total. The lowest BCUT2D eigenvalue weighted by molar-refractivity contribution is -0.136. The van der Waals surface area contributed by atoms with E-state index in [0.29, 0.717) is 18.9 Å². The lowest BCUT2D eigenvalue weighted by Gasteiger charge is -2.39. The number of carbonyl (C=O) groups excluding carboxylic acids is 1. The van der Waals surface area contributed by atoms with Crippen molar-refractivity contribution in [2.75, 3.05) is 33.2 Å². The number of carbonyl (C=O) groups is 1. The van der Waals surface area contributed by atoms with Crippen molar-refractivity contribution in [3.05, 3.63) is 0 Å². The van der Waals surface area contributed by atoms with Gasteiger partial charge in [0.25, 0.3) is 0 Å². The minimum Gasteiger partial charge on any atom is -0.336 e. The molecule has 4 nitrogen and oxygen atoms in total. The van der Waals surface area contributed by atoms with Gasteiger partial charge in [-0.3, -0.25) is 4.79 Å². The van der Waals surface area contributed by atoms with E-state index >= 15 is 0 Å². The maximum absolute atomic E-state index is 11.9. The van der Waals surface area contributed by atoms with E-state index in [1.165, 1.54) is 0 Å². The standard InChI is InChI=1S/C11H23N3O/c1-9(2)6-11(15)14-5-4-13(3)8-10(14)7-12/h9-10H,4-8,12H2,1-3H3. The lowest BCUT2D eigenvalue weighted by atomic mass is 10.1. The second kappa shape index (κ2) is 5.47. The summed E-state index contributed by atoms with van der Waals surface area (Å²) in [6.45, 7) is 7.40. The molecule has 0 aromatic rings. The van der Waals surface area contributed by atoms with Gasteiger partial charge >= 0.3 is 0 Å². The fraction of sp³-hybridized carbons (Fsp3) is 0.909. The number of amides is 1. The predicted octanol–water partition coefficient (Wildman–Crippen LogP) is 0.134. The van der Waals surface area contributed by atoms with Gasteiger partial charge in [-0.1, -0.05) is 13.8 Å². The molecule has 1 heterocycles. The highest BCUT2D eigenvalue weighted by Crippen LogP contribution is 2.12. The number of hydrogen-bond acceptors (Lipinski definition) is 3. The third-order valence-corrected chi connectivity index (χ3v) is 2.86. The Morgan fingerprint density at radius 1 is 1.47 bits per heavy atom. The average Bonchev–Trinajstić information content (AvgIpc) is 2.16. The Morgan fingerprint density at radius 2 is 2.13 bits per heavy atom. The molecule has 1 aliphatic rings. The molecule has 1 rings (SSSR count). The van der Waals surface area contributed by atoms with Gasteiger partial charge in [0.15, 0.2) is 0 Å². The van der Waals surface area contributed by atoms with Gasteiger partial charge in [-0.2, -0.15) is 0 Å². The highest BCUT2D eigenvalue weighted by Gasteiger charge is 2.27. The summed E-state index contributed by atoms with van der Waals surface area (Å²) in [5.41, 5.74) is 5.70. The number of likely N-dealkylation sites (N-methyl/N-ethyl adjacent to an activating group) is 1. The monoisotopic (exact) mass is 213 g/mol. The van der Waals surface area contributed by atoms with E-state index in [2.05, 4.69) is 25.8 Å². The van der Waals surface area contributed by atoms with Gasteiger partial charge in [-0.25, -0.2) is 0 Å². The van der Waals surface area contributed by atoms with E-state index in [9.17, 15) is 4.79 Å². The highest BCUT2D eigenvalue weighted by atomic mass is 16.2. The fourth-order valence-electron chi connectivity index (χ4n) is 2.01. The molecule has 88 valence electrons. The van der Waals surface area contributed by atoms with Gasteiger partial charge in [-0.15, -0.1) is 0 Å². The van der Waals surface area contributed by atoms with Crippen molar-refractivity contribution in [2.24, 2.45) is 11.7 Å². The Labute approximate surface area is 92.4 Å². The van der Waals surface area contributed by atoms with E-state index in [1.807, 2.05) is 4.90 Å². The lowest BCUT2D eigenvalue weighted by Crippen LogP contribution is -2.56. The van der Waals surface area contributed by atoms with Crippen molar-refractivity contribution >= 4 is 5.91 Å². The third-order valence-electron chi connectivity index (χ3n) is 2.86. The Kier molecular flexibility index (Phi) is 4.54. The fourth-order valence-corrected chi connectivity index (χ4v) is 2.01. The van der Waals surface area contributed by atoms with Crippen LogP contribution >= 0.6 is 0 Å². The molecule has 15 heavy (non-hydrogen) atoms. The molecule has 1 aliphatic heterocycles. The smallest absolute Gasteiger partial charge is 0.223 e. The average molecular weight is 213 g/mol. The van der Waals surface area contributed by atoms with E-state index in [-0.39, 0.29) is 11.9 Å². The highest BCUT2D eigenvalue weighted by molar-refractivity contribution is 5.76. The van der Waals surface area contributed by atoms with Crippen molar-refractivity contribution < 1.29 is 4.79 Å². The minimum absolute atomic E-state index is 0.204. The zero-order valence-corrected chi connectivity index (χ0v) is 10.1. The maximum atomic E-state index is 11.9. The first-order valence-corrected chi connectivity index (χ1v) is 5.72. The molecule has 0 aromatic heterocycles. The van der Waals surface area contributed by atoms with Crippen molar-refractivity contribution in [3.63, 3.8) is 0 Å². The Hall–Kier alpha value is -0.610. The van der Waals surface area contributed by atoms with Gasteiger partial charge in [0.05, 0.1) is 6.04 Å². The molecular formula is C11H23N3O. The summed E-state index contributed by atoms with van der Waals surface area (Å²) in [5, 5.41) is 0. The van der Waals surface area contributed by atoms with E-state index in [1.54, 1.807) is 0 Å². The van der Waals surface area contributed by atoms with Crippen LogP contribution in [0.5, 0.6) is 0 Å². The van der Waals surface area contributed by atoms with Crippen LogP contribution in [0.25, 0.3) is 0 Å². The van der Waals surface area contributed by atoms with Crippen LogP contribution in [0.4, 0.5) is 0 Å². The quantitative estimate of drug-likeness (QED) is 0.725. The van der Waals surface area contributed by atoms with Crippen LogP contribution in [0.1, 0.15) is 20.3 Å². The van der Waals surface area contributed by atoms with Crippen LogP contribution in [-0.4, -0.2) is 55.0 Å². The van der Waals surface area contributed by atoms with Gasteiger partial charge in [0.1, 0.15) is 0 Å². The number of rotatable bonds is 3. The Balaban J connectivity index is 2.55. The largest absolute Gasteiger partial charge is 0.336 e. The summed E-state index contributed by atoms with van der Waals surface area (Å²) in [5.74, 6) is 0.684. The maximum Gasteiger partial charge on any atom is 0.223 e. The second-order valence-corrected chi connectivity index (χ2v) is 4.84. The summed E-state index contributed by atoms with van der Waals surface area (Å²) >= 11 is 0. The molecule has 1 fully saturated rings. The summed E-state index contributed by atoms with van der Waals surface area (Å²) in [6.07, 6.45) is 0.639. The van der Waals surface area contributed by atoms with Gasteiger partial charge in [-0.05, 0) is 13.0 Å². The molecule has 0 spiro atoms. The van der Waals surface area contributed by atoms with Crippen molar-refractivity contribution in [3.8, 4) is 0 Å². The van der Waals surface area contributed by atoms with Gasteiger partial charge in [0.2, 0.25) is 5.91 Å². The molecule has 0 aromatic carbocycles. The molecule has 0 radical (unpaired) electrons. The van der Waals surface area contributed by atoms with Crippen molar-refractivity contribution in [2.45, 2.75) is 26.3 Å². The number of nitrogens with two attached hydrogens (primary N) is 1. The van der Waals surface area contributed by atoms with Gasteiger partial charge in [0, 0.05) is 32.6 Å². The topological polar surface area (TPSA) is 49.6 Å². The van der Waals surface area contributed by atoms with Crippen LogP contribution in [0.3, 0.4) is 0 Å². The number of nitrogens with zero attached hydrogens (tertiary/aromatic N) is 2. The SMILES string of the molecule is CC(C)CC(=O)N1CCN(C)CC1CN. The normalized spacial score (nSPS) is 23.5. The van der Waals surface area contributed by atoms with Crippen LogP contribution in [0.15, 0.2) is 0 Å². The van der Waals surface area contributed by atoms with E-state index < -0.39 is 0 Å². The first-order chi connectivity index (χ1) is 7.04. The van der Waals surface area contributed by atoms with Crippen LogP contribution in [0.2, 0.25) is 0 Å². The summed E-state index contributed by atoms with van der Waals surface area (Å²) in [4.78, 5) is 16.1. The minimum atomic E-state index is 0.204. The summed E-state index contributed by atoms with van der Waals surface area (Å²) < 4.78 is 0. The molecule has 1 saturated heterocycles. The van der Waals surface area contributed by atoms with Crippen LogP contribution in [-0.2, 0) is 4.79 Å². The predicted molar refractivity (Wildman–Crippen MR) is 61.5 cm³/mol. The first kappa shape index (κ1) is 12.5. The zero-order valence-electron chi connectivity index (χ0n) is 10.1. The van der Waals surface area contributed by atoms with Crippen LogP contribution < -0.4 is 5.73 Å². The Bertz CT molecular complexity index is 218. The number of hydrogen-bond donors (Lipinski definition) is 1. The molecule has 4 heteroatoms. The molecule has 0 bridgehead atoms. The van der Waals surface area contributed by atoms with Gasteiger partial charge < -0.3 is 15.5 Å². The van der Waals surface area contributed by atoms with Crippen molar-refractivity contribution in [1.29, 1.82) is 0 Å². The molecule has 0 aliphatic carbocycles.